The fraction of sp³-hybridized carbons (Fsp3) is 1.00. The molecule has 2 rings (SSSR count). The largest absolute Gasteiger partial charge is 0.389 e. The SMILES string of the molecule is CC1CCCC(O)(C2CCOC2)C1C. The molecule has 2 heteroatoms. The summed E-state index contributed by atoms with van der Waals surface area (Å²) < 4.78 is 5.40. The summed E-state index contributed by atoms with van der Waals surface area (Å²) in [5, 5.41) is 10.7. The zero-order valence-corrected chi connectivity index (χ0v) is 9.33. The number of hydrogen-bond acceptors (Lipinski definition) is 2. The van der Waals surface area contributed by atoms with Crippen molar-refractivity contribution in [3.8, 4) is 0 Å². The van der Waals surface area contributed by atoms with Crippen molar-refractivity contribution in [3.05, 3.63) is 0 Å². The van der Waals surface area contributed by atoms with Gasteiger partial charge in [0.05, 0.1) is 12.2 Å². The summed E-state index contributed by atoms with van der Waals surface area (Å²) in [5.41, 5.74) is -0.436. The molecule has 1 N–H and O–H groups in total. The first-order valence-electron chi connectivity index (χ1n) is 5.94. The van der Waals surface area contributed by atoms with Gasteiger partial charge in [-0.3, -0.25) is 0 Å². The summed E-state index contributed by atoms with van der Waals surface area (Å²) in [7, 11) is 0. The van der Waals surface area contributed by atoms with Crippen LogP contribution in [-0.2, 0) is 4.74 Å². The summed E-state index contributed by atoms with van der Waals surface area (Å²) in [6.07, 6.45) is 4.48. The summed E-state index contributed by atoms with van der Waals surface area (Å²) in [5.74, 6) is 1.48. The second kappa shape index (κ2) is 3.82. The van der Waals surface area contributed by atoms with Gasteiger partial charge in [0, 0.05) is 12.5 Å². The van der Waals surface area contributed by atoms with Gasteiger partial charge >= 0.3 is 0 Å². The average Bonchev–Trinajstić information content (AvgIpc) is 2.67. The van der Waals surface area contributed by atoms with E-state index in [1.54, 1.807) is 0 Å². The van der Waals surface area contributed by atoms with Gasteiger partial charge in [0.1, 0.15) is 0 Å². The summed E-state index contributed by atoms with van der Waals surface area (Å²) in [6.45, 7) is 6.09. The van der Waals surface area contributed by atoms with Gasteiger partial charge in [-0.1, -0.05) is 26.7 Å². The van der Waals surface area contributed by atoms with Gasteiger partial charge in [-0.25, -0.2) is 0 Å². The van der Waals surface area contributed by atoms with Gasteiger partial charge in [-0.2, -0.15) is 0 Å². The van der Waals surface area contributed by atoms with Crippen molar-refractivity contribution in [1.82, 2.24) is 0 Å². The minimum Gasteiger partial charge on any atom is -0.389 e. The van der Waals surface area contributed by atoms with Gasteiger partial charge in [0.2, 0.25) is 0 Å². The molecule has 0 radical (unpaired) electrons. The Bertz CT molecular complexity index is 194. The van der Waals surface area contributed by atoms with E-state index in [2.05, 4.69) is 13.8 Å². The first-order chi connectivity index (χ1) is 6.64. The lowest BCUT2D eigenvalue weighted by molar-refractivity contribution is -0.107. The minimum atomic E-state index is -0.436. The highest BCUT2D eigenvalue weighted by Gasteiger charge is 2.46. The monoisotopic (exact) mass is 198 g/mol. The predicted octanol–water partition coefficient (Wildman–Crippen LogP) is 2.21. The zero-order valence-electron chi connectivity index (χ0n) is 9.33. The molecule has 14 heavy (non-hydrogen) atoms. The normalized spacial score (nSPS) is 49.5. The lowest BCUT2D eigenvalue weighted by Gasteiger charge is -2.45. The Morgan fingerprint density at radius 1 is 1.29 bits per heavy atom. The quantitative estimate of drug-likeness (QED) is 0.700. The molecule has 0 aromatic heterocycles. The Morgan fingerprint density at radius 2 is 2.07 bits per heavy atom. The molecule has 0 spiro atoms. The highest BCUT2D eigenvalue weighted by atomic mass is 16.5. The van der Waals surface area contributed by atoms with Crippen LogP contribution in [0.5, 0.6) is 0 Å². The van der Waals surface area contributed by atoms with Crippen LogP contribution in [0.2, 0.25) is 0 Å². The van der Waals surface area contributed by atoms with Crippen LogP contribution < -0.4 is 0 Å². The van der Waals surface area contributed by atoms with E-state index in [0.29, 0.717) is 17.8 Å². The van der Waals surface area contributed by atoms with Crippen LogP contribution in [0.15, 0.2) is 0 Å². The van der Waals surface area contributed by atoms with E-state index in [9.17, 15) is 5.11 Å². The lowest BCUT2D eigenvalue weighted by atomic mass is 9.65. The van der Waals surface area contributed by atoms with Crippen molar-refractivity contribution in [2.24, 2.45) is 17.8 Å². The van der Waals surface area contributed by atoms with Crippen molar-refractivity contribution in [2.45, 2.75) is 45.1 Å². The number of hydrogen-bond donors (Lipinski definition) is 1. The molecule has 0 aromatic carbocycles. The van der Waals surface area contributed by atoms with Crippen LogP contribution >= 0.6 is 0 Å². The second-order valence-corrected chi connectivity index (χ2v) is 5.21. The fourth-order valence-corrected chi connectivity index (χ4v) is 3.18. The number of rotatable bonds is 1. The van der Waals surface area contributed by atoms with Crippen molar-refractivity contribution in [2.75, 3.05) is 13.2 Å². The zero-order chi connectivity index (χ0) is 10.2. The molecule has 0 bridgehead atoms. The molecule has 0 amide bonds. The maximum absolute atomic E-state index is 10.7. The molecule has 1 saturated carbocycles. The van der Waals surface area contributed by atoms with Crippen molar-refractivity contribution >= 4 is 0 Å². The Morgan fingerprint density at radius 3 is 2.71 bits per heavy atom. The molecular formula is C12H22O2. The molecule has 1 heterocycles. The van der Waals surface area contributed by atoms with E-state index in [0.717, 1.165) is 26.1 Å². The van der Waals surface area contributed by atoms with Gasteiger partial charge in [-0.15, -0.1) is 0 Å². The Kier molecular flexibility index (Phi) is 2.85. The lowest BCUT2D eigenvalue weighted by Crippen LogP contribution is -2.49. The average molecular weight is 198 g/mol. The van der Waals surface area contributed by atoms with E-state index in [-0.39, 0.29) is 0 Å². The highest BCUT2D eigenvalue weighted by molar-refractivity contribution is 4.96. The van der Waals surface area contributed by atoms with Crippen molar-refractivity contribution in [3.63, 3.8) is 0 Å². The van der Waals surface area contributed by atoms with Gasteiger partial charge < -0.3 is 9.84 Å². The van der Waals surface area contributed by atoms with E-state index < -0.39 is 5.60 Å². The molecule has 2 aliphatic rings. The first-order valence-corrected chi connectivity index (χ1v) is 5.94. The molecule has 2 nitrogen and oxygen atoms in total. The molecule has 1 aliphatic carbocycles. The smallest absolute Gasteiger partial charge is 0.0726 e. The van der Waals surface area contributed by atoms with Crippen molar-refractivity contribution < 1.29 is 9.84 Å². The minimum absolute atomic E-state index is 0.389. The Labute approximate surface area is 86.6 Å². The van der Waals surface area contributed by atoms with Gasteiger partial charge in [0.15, 0.2) is 0 Å². The van der Waals surface area contributed by atoms with Gasteiger partial charge in [-0.05, 0) is 24.7 Å². The molecule has 2 fully saturated rings. The van der Waals surface area contributed by atoms with E-state index in [4.69, 9.17) is 4.74 Å². The molecule has 4 atom stereocenters. The maximum Gasteiger partial charge on any atom is 0.0726 e. The van der Waals surface area contributed by atoms with Gasteiger partial charge in [0.25, 0.3) is 0 Å². The fourth-order valence-electron chi connectivity index (χ4n) is 3.18. The standard InChI is InChI=1S/C12H22O2/c1-9-4-3-6-12(13,10(9)2)11-5-7-14-8-11/h9-11,13H,3-8H2,1-2H3. The summed E-state index contributed by atoms with van der Waals surface area (Å²) in [4.78, 5) is 0. The Balaban J connectivity index is 2.11. The molecule has 82 valence electrons. The predicted molar refractivity (Wildman–Crippen MR) is 56.1 cm³/mol. The second-order valence-electron chi connectivity index (χ2n) is 5.21. The Hall–Kier alpha value is -0.0800. The third-order valence-corrected chi connectivity index (χ3v) is 4.52. The van der Waals surface area contributed by atoms with Crippen LogP contribution in [-0.4, -0.2) is 23.9 Å². The van der Waals surface area contributed by atoms with Crippen LogP contribution in [0.1, 0.15) is 39.5 Å². The van der Waals surface area contributed by atoms with Crippen LogP contribution in [0, 0.1) is 17.8 Å². The van der Waals surface area contributed by atoms with E-state index in [1.165, 1.54) is 12.8 Å². The third-order valence-electron chi connectivity index (χ3n) is 4.52. The van der Waals surface area contributed by atoms with Crippen molar-refractivity contribution in [1.29, 1.82) is 0 Å². The van der Waals surface area contributed by atoms with Crippen LogP contribution in [0.3, 0.4) is 0 Å². The molecule has 0 aromatic rings. The van der Waals surface area contributed by atoms with Crippen LogP contribution in [0.4, 0.5) is 0 Å². The number of ether oxygens (including phenoxy) is 1. The number of aliphatic hydroxyl groups is 1. The van der Waals surface area contributed by atoms with Crippen LogP contribution in [0.25, 0.3) is 0 Å². The van der Waals surface area contributed by atoms with E-state index >= 15 is 0 Å². The summed E-state index contributed by atoms with van der Waals surface area (Å²) in [6, 6.07) is 0. The highest BCUT2D eigenvalue weighted by Crippen LogP contribution is 2.44. The third kappa shape index (κ3) is 1.59. The molecule has 1 saturated heterocycles. The molecule has 4 unspecified atom stereocenters. The first kappa shape index (κ1) is 10.4. The maximum atomic E-state index is 10.7. The topological polar surface area (TPSA) is 29.5 Å². The summed E-state index contributed by atoms with van der Waals surface area (Å²) >= 11 is 0. The molecule has 1 aliphatic heterocycles. The molecular weight excluding hydrogens is 176 g/mol. The van der Waals surface area contributed by atoms with E-state index in [1.807, 2.05) is 0 Å².